The van der Waals surface area contributed by atoms with Crippen molar-refractivity contribution in [2.45, 2.75) is 12.5 Å². The van der Waals surface area contributed by atoms with Gasteiger partial charge in [0.1, 0.15) is 6.33 Å². The first kappa shape index (κ1) is 17.9. The number of carbonyl (C=O) groups excluding carboxylic acids is 1. The smallest absolute Gasteiger partial charge is 0.332 e. The average molecular weight is 400 g/mol. The predicted octanol–water partition coefficient (Wildman–Crippen LogP) is 1.26. The van der Waals surface area contributed by atoms with E-state index in [1.54, 1.807) is 24.3 Å². The maximum absolute atomic E-state index is 12.8. The molecule has 1 aliphatic heterocycles. The molecule has 0 saturated carbocycles. The van der Waals surface area contributed by atoms with Crippen LogP contribution in [-0.2, 0) is 16.0 Å². The minimum Gasteiger partial charge on any atom is -0.479 e. The Morgan fingerprint density at radius 2 is 2.21 bits per heavy atom. The van der Waals surface area contributed by atoms with E-state index < -0.39 is 17.9 Å². The Hall–Kier alpha value is -3.53. The quantitative estimate of drug-likeness (QED) is 0.631. The Morgan fingerprint density at radius 1 is 1.36 bits per heavy atom. The van der Waals surface area contributed by atoms with Crippen LogP contribution in [0.1, 0.15) is 23.0 Å². The van der Waals surface area contributed by atoms with Crippen LogP contribution >= 0.6 is 11.6 Å². The summed E-state index contributed by atoms with van der Waals surface area (Å²) in [7, 11) is 0. The molecule has 142 valence electrons. The lowest BCUT2D eigenvalue weighted by molar-refractivity contribution is -0.149. The van der Waals surface area contributed by atoms with Crippen molar-refractivity contribution >= 4 is 29.6 Å². The minimum absolute atomic E-state index is 0.269. The second kappa shape index (κ2) is 7.24. The Morgan fingerprint density at radius 3 is 2.96 bits per heavy atom. The van der Waals surface area contributed by atoms with Gasteiger partial charge in [-0.1, -0.05) is 11.6 Å². The number of carboxylic acid groups (broad SMARTS) is 1. The molecular formula is C17H14ClN7O3. The van der Waals surface area contributed by atoms with Crippen LogP contribution in [0, 0.1) is 0 Å². The van der Waals surface area contributed by atoms with Gasteiger partial charge in [-0.05, 0) is 34.7 Å². The number of aromatic amines is 1. The van der Waals surface area contributed by atoms with Gasteiger partial charge in [-0.15, -0.1) is 5.10 Å². The molecule has 1 aromatic carbocycles. The molecule has 0 aliphatic carbocycles. The molecule has 0 fully saturated rings. The van der Waals surface area contributed by atoms with Crippen molar-refractivity contribution in [1.82, 2.24) is 35.1 Å². The number of amides is 1. The number of nitrogens with one attached hydrogen (secondary N) is 1. The van der Waals surface area contributed by atoms with E-state index in [0.29, 0.717) is 28.4 Å². The molecule has 2 N–H and O–H groups in total. The molecule has 0 radical (unpaired) electrons. The van der Waals surface area contributed by atoms with Gasteiger partial charge >= 0.3 is 5.97 Å². The number of H-pyrrole nitrogens is 1. The Balaban J connectivity index is 1.63. The van der Waals surface area contributed by atoms with E-state index in [2.05, 4.69) is 25.5 Å². The molecule has 2 aromatic heterocycles. The summed E-state index contributed by atoms with van der Waals surface area (Å²) in [4.78, 5) is 32.8. The highest BCUT2D eigenvalue weighted by molar-refractivity contribution is 6.30. The summed E-state index contributed by atoms with van der Waals surface area (Å²) in [5.41, 5.74) is 2.33. The van der Waals surface area contributed by atoms with E-state index in [-0.39, 0.29) is 6.54 Å². The van der Waals surface area contributed by atoms with Crippen LogP contribution in [0.25, 0.3) is 11.8 Å². The third-order valence-electron chi connectivity index (χ3n) is 4.43. The van der Waals surface area contributed by atoms with Crippen molar-refractivity contribution in [3.05, 3.63) is 58.9 Å². The van der Waals surface area contributed by atoms with Crippen molar-refractivity contribution in [3.8, 4) is 5.69 Å². The van der Waals surface area contributed by atoms with Crippen molar-refractivity contribution in [2.24, 2.45) is 0 Å². The number of tetrazole rings is 1. The van der Waals surface area contributed by atoms with Crippen LogP contribution in [0.5, 0.6) is 0 Å². The summed E-state index contributed by atoms with van der Waals surface area (Å²) in [5.74, 6) is -1.57. The number of benzene rings is 1. The largest absolute Gasteiger partial charge is 0.479 e. The van der Waals surface area contributed by atoms with Crippen LogP contribution in [0.2, 0.25) is 5.02 Å². The van der Waals surface area contributed by atoms with E-state index in [1.807, 2.05) is 0 Å². The summed E-state index contributed by atoms with van der Waals surface area (Å²) in [5, 5.41) is 21.1. The van der Waals surface area contributed by atoms with Crippen LogP contribution in [0.15, 0.2) is 36.9 Å². The second-order valence-electron chi connectivity index (χ2n) is 6.08. The molecule has 11 heteroatoms. The minimum atomic E-state index is -1.13. The monoisotopic (exact) mass is 399 g/mol. The first-order chi connectivity index (χ1) is 13.5. The lowest BCUT2D eigenvalue weighted by Crippen LogP contribution is -2.43. The van der Waals surface area contributed by atoms with E-state index >= 15 is 0 Å². The molecule has 10 nitrogen and oxygen atoms in total. The summed E-state index contributed by atoms with van der Waals surface area (Å²) in [6.45, 7) is 0.269. The van der Waals surface area contributed by atoms with E-state index in [9.17, 15) is 14.7 Å². The molecule has 0 spiro atoms. The van der Waals surface area contributed by atoms with Crippen LogP contribution in [0.3, 0.4) is 0 Å². The number of carboxylic acids is 1. The molecule has 3 aromatic rings. The maximum atomic E-state index is 12.8. The SMILES string of the molecule is O=C(O)C1c2nc[nH]c2CCN1C(=O)C=Cc1cc(Cl)ccc1-n1cnnn1. The van der Waals surface area contributed by atoms with Gasteiger partial charge in [-0.25, -0.2) is 9.78 Å². The van der Waals surface area contributed by atoms with Crippen LogP contribution in [-0.4, -0.2) is 58.6 Å². The van der Waals surface area contributed by atoms with Gasteiger partial charge in [0, 0.05) is 35.3 Å². The van der Waals surface area contributed by atoms with E-state index in [0.717, 1.165) is 5.69 Å². The third-order valence-corrected chi connectivity index (χ3v) is 4.67. The van der Waals surface area contributed by atoms with Gasteiger partial charge < -0.3 is 15.0 Å². The number of aromatic nitrogens is 6. The van der Waals surface area contributed by atoms with Gasteiger partial charge in [-0.2, -0.15) is 4.68 Å². The van der Waals surface area contributed by atoms with Crippen LogP contribution in [0.4, 0.5) is 0 Å². The summed E-state index contributed by atoms with van der Waals surface area (Å²) < 4.78 is 1.44. The molecule has 28 heavy (non-hydrogen) atoms. The average Bonchev–Trinajstić information content (AvgIpc) is 3.36. The number of aliphatic carboxylic acids is 1. The molecule has 1 atom stereocenters. The van der Waals surface area contributed by atoms with Gasteiger partial charge in [-0.3, -0.25) is 4.79 Å². The normalized spacial score (nSPS) is 16.3. The highest BCUT2D eigenvalue weighted by Gasteiger charge is 2.37. The topological polar surface area (TPSA) is 130 Å². The highest BCUT2D eigenvalue weighted by Crippen LogP contribution is 2.28. The fourth-order valence-electron chi connectivity index (χ4n) is 3.16. The summed E-state index contributed by atoms with van der Waals surface area (Å²) in [6.07, 6.45) is 6.24. The number of fused-ring (bicyclic) bond motifs is 1. The second-order valence-corrected chi connectivity index (χ2v) is 6.52. The van der Waals surface area contributed by atoms with Crippen molar-refractivity contribution in [2.75, 3.05) is 6.54 Å². The first-order valence-corrected chi connectivity index (χ1v) is 8.69. The summed E-state index contributed by atoms with van der Waals surface area (Å²) in [6, 6.07) is 3.94. The van der Waals surface area contributed by atoms with Gasteiger partial charge in [0.25, 0.3) is 0 Å². The molecule has 4 rings (SSSR count). The lowest BCUT2D eigenvalue weighted by Gasteiger charge is -2.31. The zero-order chi connectivity index (χ0) is 19.7. The molecule has 1 amide bonds. The molecule has 1 unspecified atom stereocenters. The number of carbonyl (C=O) groups is 2. The highest BCUT2D eigenvalue weighted by atomic mass is 35.5. The molecular weight excluding hydrogens is 386 g/mol. The fourth-order valence-corrected chi connectivity index (χ4v) is 3.34. The number of imidazole rings is 1. The van der Waals surface area contributed by atoms with E-state index in [4.69, 9.17) is 11.6 Å². The Bertz CT molecular complexity index is 1060. The standard InChI is InChI=1S/C17H14ClN7O3/c18-11-2-3-13(25-9-21-22-23-25)10(7-11)1-4-14(26)24-6-5-12-15(20-8-19-12)16(24)17(27)28/h1-4,7-9,16H,5-6H2,(H,19,20)(H,27,28). The zero-order valence-electron chi connectivity index (χ0n) is 14.4. The number of halogens is 1. The van der Waals surface area contributed by atoms with Gasteiger partial charge in [0.05, 0.1) is 17.7 Å². The summed E-state index contributed by atoms with van der Waals surface area (Å²) >= 11 is 6.07. The van der Waals surface area contributed by atoms with Crippen molar-refractivity contribution in [3.63, 3.8) is 0 Å². The molecule has 3 heterocycles. The van der Waals surface area contributed by atoms with Gasteiger partial charge in [0.2, 0.25) is 5.91 Å². The number of hydrogen-bond donors (Lipinski definition) is 2. The van der Waals surface area contributed by atoms with E-state index in [1.165, 1.54) is 28.3 Å². The Kier molecular flexibility index (Phi) is 4.62. The fraction of sp³-hybridized carbons (Fsp3) is 0.176. The number of rotatable bonds is 4. The molecule has 0 bridgehead atoms. The Labute approximate surface area is 163 Å². The maximum Gasteiger partial charge on any atom is 0.332 e. The molecule has 1 aliphatic rings. The predicted molar refractivity (Wildman–Crippen MR) is 97.6 cm³/mol. The first-order valence-electron chi connectivity index (χ1n) is 8.31. The van der Waals surface area contributed by atoms with Crippen molar-refractivity contribution < 1.29 is 14.7 Å². The van der Waals surface area contributed by atoms with Crippen LogP contribution < -0.4 is 0 Å². The lowest BCUT2D eigenvalue weighted by atomic mass is 10.0. The number of nitrogens with zero attached hydrogens (tertiary/aromatic N) is 6. The molecule has 0 saturated heterocycles. The number of hydrogen-bond acceptors (Lipinski definition) is 6. The third kappa shape index (κ3) is 3.25. The zero-order valence-corrected chi connectivity index (χ0v) is 15.1. The van der Waals surface area contributed by atoms with Crippen molar-refractivity contribution in [1.29, 1.82) is 0 Å². The van der Waals surface area contributed by atoms with Gasteiger partial charge in [0.15, 0.2) is 6.04 Å².